The molecule has 0 aliphatic heterocycles. The zero-order valence-electron chi connectivity index (χ0n) is 17.1. The van der Waals surface area contributed by atoms with Crippen molar-refractivity contribution in [2.75, 3.05) is 0 Å². The zero-order valence-corrected chi connectivity index (χ0v) is 17.1. The van der Waals surface area contributed by atoms with Crippen molar-refractivity contribution in [1.82, 2.24) is 0 Å². The Balaban J connectivity index is 1.63. The first-order chi connectivity index (χ1) is 14.7. The van der Waals surface area contributed by atoms with E-state index in [0.29, 0.717) is 5.90 Å². The third-order valence-corrected chi connectivity index (χ3v) is 4.65. The Labute approximate surface area is 176 Å². The van der Waals surface area contributed by atoms with E-state index in [2.05, 4.69) is 12.1 Å². The van der Waals surface area contributed by atoms with E-state index in [1.54, 1.807) is 6.26 Å². The quantitative estimate of drug-likeness (QED) is 0.203. The van der Waals surface area contributed by atoms with Crippen molar-refractivity contribution in [3.05, 3.63) is 114 Å². The first-order valence-corrected chi connectivity index (χ1v) is 9.88. The highest BCUT2D eigenvalue weighted by Gasteiger charge is 2.09. The molecule has 148 valence electrons. The van der Waals surface area contributed by atoms with Crippen LogP contribution >= 0.6 is 0 Å². The molecule has 0 bridgehead atoms. The minimum absolute atomic E-state index is 0.489. The predicted molar refractivity (Wildman–Crippen MR) is 124 cm³/mol. The number of fused-ring (bicyclic) bond motifs is 1. The molecular weight excluding hydrogens is 370 g/mol. The van der Waals surface area contributed by atoms with Crippen LogP contribution in [0.2, 0.25) is 0 Å². The maximum Gasteiger partial charge on any atom is 0.225 e. The second kappa shape index (κ2) is 9.10. The Bertz CT molecular complexity index is 1190. The summed E-state index contributed by atoms with van der Waals surface area (Å²) in [5.74, 6) is 1.99. The molecule has 0 saturated carbocycles. The summed E-state index contributed by atoms with van der Waals surface area (Å²) in [5, 5.41) is 2.29. The first-order valence-electron chi connectivity index (χ1n) is 9.88. The van der Waals surface area contributed by atoms with Gasteiger partial charge in [-0.1, -0.05) is 66.2 Å². The standard InChI is InChI=1S/C27H23NO2/c1-20-12-15-25(16-13-20)29-19-21(2)27(28-24-10-4-3-5-11-24)30-26-17-14-22-8-6-7-9-23(22)18-26/h3-19H,1-2H3/b21-19+,28-27?. The van der Waals surface area contributed by atoms with Gasteiger partial charge in [-0.3, -0.25) is 0 Å². The Hall–Kier alpha value is -3.85. The molecule has 4 rings (SSSR count). The normalized spacial score (nSPS) is 12.1. The molecule has 0 spiro atoms. The Kier molecular flexibility index (Phi) is 5.90. The first kappa shape index (κ1) is 19.5. The van der Waals surface area contributed by atoms with Gasteiger partial charge in [0.05, 0.1) is 11.9 Å². The fourth-order valence-corrected chi connectivity index (χ4v) is 2.98. The molecule has 0 heterocycles. The van der Waals surface area contributed by atoms with Gasteiger partial charge in [0.25, 0.3) is 0 Å². The van der Waals surface area contributed by atoms with E-state index in [1.165, 1.54) is 10.9 Å². The highest BCUT2D eigenvalue weighted by molar-refractivity contribution is 5.96. The van der Waals surface area contributed by atoms with Crippen LogP contribution in [0.3, 0.4) is 0 Å². The lowest BCUT2D eigenvalue weighted by molar-refractivity contribution is 0.473. The summed E-state index contributed by atoms with van der Waals surface area (Å²) < 4.78 is 12.0. The average molecular weight is 393 g/mol. The molecular formula is C27H23NO2. The smallest absolute Gasteiger partial charge is 0.225 e. The van der Waals surface area contributed by atoms with Gasteiger partial charge in [-0.25, -0.2) is 4.99 Å². The molecule has 0 aliphatic rings. The predicted octanol–water partition coefficient (Wildman–Crippen LogP) is 7.24. The van der Waals surface area contributed by atoms with Crippen LogP contribution in [0.1, 0.15) is 12.5 Å². The molecule has 0 fully saturated rings. The number of benzene rings is 4. The molecule has 0 aromatic heterocycles. The summed E-state index contributed by atoms with van der Waals surface area (Å²) in [6.07, 6.45) is 1.67. The largest absolute Gasteiger partial charge is 0.465 e. The highest BCUT2D eigenvalue weighted by atomic mass is 16.5. The fourth-order valence-electron chi connectivity index (χ4n) is 2.98. The summed E-state index contributed by atoms with van der Waals surface area (Å²) in [5.41, 5.74) is 2.79. The van der Waals surface area contributed by atoms with Gasteiger partial charge in [-0.05, 0) is 61.0 Å². The van der Waals surface area contributed by atoms with Crippen LogP contribution in [0.5, 0.6) is 11.5 Å². The number of ether oxygens (including phenoxy) is 2. The Morgan fingerprint density at radius 1 is 0.733 bits per heavy atom. The van der Waals surface area contributed by atoms with E-state index in [0.717, 1.165) is 28.1 Å². The molecule has 3 heteroatoms. The minimum atomic E-state index is 0.489. The summed E-state index contributed by atoms with van der Waals surface area (Å²) in [7, 11) is 0. The van der Waals surface area contributed by atoms with Gasteiger partial charge in [-0.2, -0.15) is 0 Å². The Morgan fingerprint density at radius 3 is 2.17 bits per heavy atom. The summed E-state index contributed by atoms with van der Waals surface area (Å²) in [4.78, 5) is 4.71. The molecule has 4 aromatic rings. The average Bonchev–Trinajstić information content (AvgIpc) is 2.78. The highest BCUT2D eigenvalue weighted by Crippen LogP contribution is 2.23. The molecule has 0 N–H and O–H groups in total. The molecule has 0 unspecified atom stereocenters. The molecule has 0 radical (unpaired) electrons. The number of para-hydroxylation sites is 1. The van der Waals surface area contributed by atoms with Crippen molar-refractivity contribution in [3.63, 3.8) is 0 Å². The van der Waals surface area contributed by atoms with Gasteiger partial charge in [-0.15, -0.1) is 0 Å². The number of aryl methyl sites for hydroxylation is 1. The monoisotopic (exact) mass is 393 g/mol. The molecule has 0 atom stereocenters. The second-order valence-corrected chi connectivity index (χ2v) is 7.10. The van der Waals surface area contributed by atoms with E-state index < -0.39 is 0 Å². The van der Waals surface area contributed by atoms with Crippen molar-refractivity contribution >= 4 is 22.4 Å². The van der Waals surface area contributed by atoms with Gasteiger partial charge in [0.2, 0.25) is 5.90 Å². The van der Waals surface area contributed by atoms with Crippen LogP contribution in [-0.2, 0) is 0 Å². The lowest BCUT2D eigenvalue weighted by Crippen LogP contribution is -2.11. The van der Waals surface area contributed by atoms with Gasteiger partial charge in [0.15, 0.2) is 0 Å². The van der Waals surface area contributed by atoms with Crippen molar-refractivity contribution in [2.45, 2.75) is 13.8 Å². The molecule has 4 aromatic carbocycles. The maximum atomic E-state index is 6.20. The second-order valence-electron chi connectivity index (χ2n) is 7.10. The van der Waals surface area contributed by atoms with E-state index >= 15 is 0 Å². The number of hydrogen-bond donors (Lipinski definition) is 0. The zero-order chi connectivity index (χ0) is 20.8. The lowest BCUT2D eigenvalue weighted by atomic mass is 10.1. The number of rotatable bonds is 5. The topological polar surface area (TPSA) is 30.8 Å². The van der Waals surface area contributed by atoms with Crippen molar-refractivity contribution in [1.29, 1.82) is 0 Å². The molecule has 0 aliphatic carbocycles. The van der Waals surface area contributed by atoms with Crippen molar-refractivity contribution < 1.29 is 9.47 Å². The van der Waals surface area contributed by atoms with Gasteiger partial charge >= 0.3 is 0 Å². The van der Waals surface area contributed by atoms with Crippen LogP contribution in [0.4, 0.5) is 5.69 Å². The fraction of sp³-hybridized carbons (Fsp3) is 0.0741. The summed E-state index contributed by atoms with van der Waals surface area (Å²) >= 11 is 0. The van der Waals surface area contributed by atoms with E-state index in [1.807, 2.05) is 98.8 Å². The number of aliphatic imine (C=N–C) groups is 1. The third kappa shape index (κ3) is 4.95. The molecule has 0 saturated heterocycles. The van der Waals surface area contributed by atoms with E-state index in [-0.39, 0.29) is 0 Å². The summed E-state index contributed by atoms with van der Waals surface area (Å²) in [6.45, 7) is 3.98. The van der Waals surface area contributed by atoms with Crippen molar-refractivity contribution in [2.24, 2.45) is 4.99 Å². The third-order valence-electron chi connectivity index (χ3n) is 4.65. The van der Waals surface area contributed by atoms with Crippen LogP contribution < -0.4 is 9.47 Å². The van der Waals surface area contributed by atoms with E-state index in [4.69, 9.17) is 14.5 Å². The van der Waals surface area contributed by atoms with Gasteiger partial charge < -0.3 is 9.47 Å². The van der Waals surface area contributed by atoms with Crippen LogP contribution in [-0.4, -0.2) is 5.90 Å². The SMILES string of the molecule is C/C(=C\Oc1ccc(C)cc1)C(=Nc1ccccc1)Oc1ccc2ccccc2c1. The number of hydrogen-bond acceptors (Lipinski definition) is 3. The van der Waals surface area contributed by atoms with Crippen molar-refractivity contribution in [3.8, 4) is 11.5 Å². The minimum Gasteiger partial charge on any atom is -0.465 e. The van der Waals surface area contributed by atoms with Crippen LogP contribution in [0.25, 0.3) is 10.8 Å². The molecule has 0 amide bonds. The van der Waals surface area contributed by atoms with Gasteiger partial charge in [0.1, 0.15) is 11.5 Å². The Morgan fingerprint density at radius 2 is 1.40 bits per heavy atom. The van der Waals surface area contributed by atoms with E-state index in [9.17, 15) is 0 Å². The van der Waals surface area contributed by atoms with Crippen LogP contribution in [0.15, 0.2) is 114 Å². The molecule has 30 heavy (non-hydrogen) atoms. The molecule has 3 nitrogen and oxygen atoms in total. The van der Waals surface area contributed by atoms with Gasteiger partial charge in [0, 0.05) is 5.57 Å². The lowest BCUT2D eigenvalue weighted by Gasteiger charge is -2.11. The van der Waals surface area contributed by atoms with Crippen LogP contribution in [0, 0.1) is 6.92 Å². The summed E-state index contributed by atoms with van der Waals surface area (Å²) in [6, 6.07) is 31.9. The number of nitrogens with zero attached hydrogens (tertiary/aromatic N) is 1. The maximum absolute atomic E-state index is 6.20.